The zero-order valence-electron chi connectivity index (χ0n) is 24.9. The Morgan fingerprint density at radius 3 is 1.64 bits per heavy atom. The minimum atomic E-state index is 0.584. The normalized spacial score (nSPS) is 12.3. The van der Waals surface area contributed by atoms with Crippen molar-refractivity contribution in [2.75, 3.05) is 0 Å². The Hall–Kier alpha value is -6.46. The van der Waals surface area contributed by atoms with E-state index < -0.39 is 0 Å². The number of rotatable bonds is 2. The molecule has 7 aromatic carbocycles. The highest BCUT2D eigenvalue weighted by Crippen LogP contribution is 2.41. The Morgan fingerprint density at radius 2 is 0.957 bits per heavy atom. The molecular weight excluding hydrogens is 578 g/mol. The lowest BCUT2D eigenvalue weighted by Gasteiger charge is -2.11. The molecule has 0 spiro atoms. The van der Waals surface area contributed by atoms with Gasteiger partial charge in [-0.05, 0) is 70.1 Å². The van der Waals surface area contributed by atoms with E-state index >= 15 is 0 Å². The van der Waals surface area contributed by atoms with Gasteiger partial charge in [0.1, 0.15) is 22.3 Å². The first kappa shape index (κ1) is 24.8. The van der Waals surface area contributed by atoms with Crippen LogP contribution >= 0.6 is 0 Å². The quantitative estimate of drug-likeness (QED) is 0.198. The number of nitrogens with zero attached hydrogens (tertiary/aromatic N) is 3. The topological polar surface area (TPSA) is 57.0 Å². The molecule has 0 atom stereocenters. The van der Waals surface area contributed by atoms with Gasteiger partial charge in [0.05, 0.1) is 16.6 Å². The molecule has 11 aromatic rings. The van der Waals surface area contributed by atoms with Gasteiger partial charge in [0, 0.05) is 26.9 Å². The maximum absolute atomic E-state index is 6.64. The Balaban J connectivity index is 1.33. The summed E-state index contributed by atoms with van der Waals surface area (Å²) in [5, 5.41) is 10.1. The molecule has 47 heavy (non-hydrogen) atoms. The van der Waals surface area contributed by atoms with Gasteiger partial charge >= 0.3 is 0 Å². The number of hydrogen-bond donors (Lipinski definition) is 0. The molecule has 0 saturated carbocycles. The Morgan fingerprint density at radius 1 is 0.426 bits per heavy atom. The number of aromatic nitrogens is 3. The number of furan rings is 2. The second-order valence-electron chi connectivity index (χ2n) is 12.2. The van der Waals surface area contributed by atoms with Gasteiger partial charge in [0.25, 0.3) is 0 Å². The van der Waals surface area contributed by atoms with Crippen molar-refractivity contribution < 1.29 is 8.83 Å². The van der Waals surface area contributed by atoms with Crippen LogP contribution in [0.15, 0.2) is 148 Å². The van der Waals surface area contributed by atoms with Crippen LogP contribution in [-0.2, 0) is 0 Å². The van der Waals surface area contributed by atoms with E-state index in [0.717, 1.165) is 76.6 Å². The van der Waals surface area contributed by atoms with Crippen LogP contribution in [0.1, 0.15) is 0 Å². The van der Waals surface area contributed by atoms with Gasteiger partial charge in [-0.3, -0.25) is 4.57 Å². The van der Waals surface area contributed by atoms with Crippen molar-refractivity contribution in [2.24, 2.45) is 0 Å². The molecule has 218 valence electrons. The average Bonchev–Trinajstić information content (AvgIpc) is 3.78. The van der Waals surface area contributed by atoms with Gasteiger partial charge in [-0.2, -0.15) is 0 Å². The summed E-state index contributed by atoms with van der Waals surface area (Å²) in [7, 11) is 0. The number of para-hydroxylation sites is 3. The molecule has 0 aliphatic rings. The molecule has 0 unspecified atom stereocenters. The van der Waals surface area contributed by atoms with Crippen LogP contribution in [0.4, 0.5) is 0 Å². The van der Waals surface area contributed by atoms with Crippen molar-refractivity contribution in [3.05, 3.63) is 140 Å². The first-order valence-electron chi connectivity index (χ1n) is 15.7. The lowest BCUT2D eigenvalue weighted by molar-refractivity contribution is 0.661. The molecule has 0 amide bonds. The first-order chi connectivity index (χ1) is 23.3. The summed E-state index contributed by atoms with van der Waals surface area (Å²) in [5.74, 6) is 1.28. The monoisotopic (exact) mass is 601 g/mol. The van der Waals surface area contributed by atoms with E-state index in [4.69, 9.17) is 18.8 Å². The fraction of sp³-hybridized carbons (Fsp3) is 0. The lowest BCUT2D eigenvalue weighted by atomic mass is 10.0. The van der Waals surface area contributed by atoms with Gasteiger partial charge < -0.3 is 8.83 Å². The Kier molecular flexibility index (Phi) is 4.78. The van der Waals surface area contributed by atoms with Crippen LogP contribution < -0.4 is 0 Å². The molecule has 4 aromatic heterocycles. The molecule has 0 fully saturated rings. The van der Waals surface area contributed by atoms with Gasteiger partial charge in [-0.1, -0.05) is 91.0 Å². The van der Waals surface area contributed by atoms with E-state index in [9.17, 15) is 0 Å². The van der Waals surface area contributed by atoms with E-state index in [0.29, 0.717) is 17.2 Å². The largest absolute Gasteiger partial charge is 0.455 e. The first-order valence-corrected chi connectivity index (χ1v) is 15.7. The summed E-state index contributed by atoms with van der Waals surface area (Å²) in [6, 6.07) is 48.6. The van der Waals surface area contributed by atoms with Crippen LogP contribution in [0, 0.1) is 0 Å². The molecule has 0 radical (unpaired) electrons. The molecule has 11 rings (SSSR count). The van der Waals surface area contributed by atoms with Crippen LogP contribution in [0.3, 0.4) is 0 Å². The second kappa shape index (κ2) is 9.05. The Bertz CT molecular complexity index is 3000. The number of fused-ring (bicyclic) bond motifs is 11. The van der Waals surface area contributed by atoms with E-state index in [1.165, 1.54) is 10.8 Å². The molecule has 0 aliphatic carbocycles. The zero-order valence-corrected chi connectivity index (χ0v) is 24.9. The van der Waals surface area contributed by atoms with Crippen molar-refractivity contribution in [3.8, 4) is 17.2 Å². The fourth-order valence-corrected chi connectivity index (χ4v) is 7.39. The molecule has 4 heterocycles. The Labute approximate surface area is 266 Å². The van der Waals surface area contributed by atoms with Crippen LogP contribution in [0.2, 0.25) is 0 Å². The molecule has 0 aliphatic heterocycles. The zero-order chi connectivity index (χ0) is 30.6. The minimum absolute atomic E-state index is 0.584. The third-order valence-electron chi connectivity index (χ3n) is 9.56. The molecule has 0 N–H and O–H groups in total. The van der Waals surface area contributed by atoms with Gasteiger partial charge in [-0.15, -0.1) is 0 Å². The van der Waals surface area contributed by atoms with Gasteiger partial charge in [0.2, 0.25) is 0 Å². The van der Waals surface area contributed by atoms with Crippen LogP contribution in [0.25, 0.3) is 105 Å². The lowest BCUT2D eigenvalue weighted by Crippen LogP contribution is -2.02. The fourth-order valence-electron chi connectivity index (χ4n) is 7.39. The summed E-state index contributed by atoms with van der Waals surface area (Å²) in [5.41, 5.74) is 6.75. The highest BCUT2D eigenvalue weighted by atomic mass is 16.3. The third kappa shape index (κ3) is 3.43. The van der Waals surface area contributed by atoms with E-state index in [1.807, 2.05) is 42.5 Å². The predicted octanol–water partition coefficient (Wildman–Crippen LogP) is 11.3. The van der Waals surface area contributed by atoms with Gasteiger partial charge in [-0.25, -0.2) is 9.97 Å². The molecule has 0 bridgehead atoms. The van der Waals surface area contributed by atoms with E-state index in [1.54, 1.807) is 0 Å². The minimum Gasteiger partial charge on any atom is -0.455 e. The molecular formula is C42H23N3O2. The third-order valence-corrected chi connectivity index (χ3v) is 9.56. The van der Waals surface area contributed by atoms with Crippen molar-refractivity contribution in [1.82, 2.24) is 14.5 Å². The van der Waals surface area contributed by atoms with Crippen LogP contribution in [0.5, 0.6) is 0 Å². The summed E-state index contributed by atoms with van der Waals surface area (Å²) in [4.78, 5) is 10.6. The van der Waals surface area contributed by atoms with Crippen molar-refractivity contribution in [2.45, 2.75) is 0 Å². The SMILES string of the molecule is c1ccc2cc3c(cc2c1)c1cc2ccccc2cc1n3-c1nc(-c2cccc3c2oc2ccccc23)nc2c1oc1ccccc12. The summed E-state index contributed by atoms with van der Waals surface area (Å²) in [6.45, 7) is 0. The number of benzene rings is 7. The molecule has 5 nitrogen and oxygen atoms in total. The molecule has 0 saturated heterocycles. The van der Waals surface area contributed by atoms with Crippen molar-refractivity contribution in [1.29, 1.82) is 0 Å². The maximum atomic E-state index is 6.64. The van der Waals surface area contributed by atoms with Crippen molar-refractivity contribution >= 4 is 87.4 Å². The highest BCUT2D eigenvalue weighted by Gasteiger charge is 2.24. The summed E-state index contributed by atoms with van der Waals surface area (Å²) < 4.78 is 15.4. The standard InChI is InChI=1S/C42H23N3O2/c1-3-12-26-22-34-32(20-24(26)10-1)33-21-25-11-2-4-13-27(25)23-35(33)45(34)42-40-38(30-15-6-8-19-37(30)47-40)43-41(44-42)31-17-9-16-29-28-14-5-7-18-36(28)46-39(29)31/h1-23H. The molecule has 5 heteroatoms. The smallest absolute Gasteiger partial charge is 0.197 e. The summed E-state index contributed by atoms with van der Waals surface area (Å²) in [6.07, 6.45) is 0. The van der Waals surface area contributed by atoms with Crippen LogP contribution in [-0.4, -0.2) is 14.5 Å². The van der Waals surface area contributed by atoms with E-state index in [2.05, 4.69) is 102 Å². The highest BCUT2D eigenvalue weighted by molar-refractivity contribution is 6.18. The van der Waals surface area contributed by atoms with Gasteiger partial charge in [0.15, 0.2) is 17.2 Å². The summed E-state index contributed by atoms with van der Waals surface area (Å²) >= 11 is 0. The maximum Gasteiger partial charge on any atom is 0.197 e. The second-order valence-corrected chi connectivity index (χ2v) is 12.2. The van der Waals surface area contributed by atoms with Crippen molar-refractivity contribution in [3.63, 3.8) is 0 Å². The number of hydrogen-bond acceptors (Lipinski definition) is 4. The predicted molar refractivity (Wildman–Crippen MR) is 191 cm³/mol. The average molecular weight is 602 g/mol. The van der Waals surface area contributed by atoms with E-state index in [-0.39, 0.29) is 0 Å².